The van der Waals surface area contributed by atoms with Crippen LogP contribution in [0.25, 0.3) is 22.2 Å². The molecule has 0 spiro atoms. The van der Waals surface area contributed by atoms with Gasteiger partial charge in [-0.2, -0.15) is 5.10 Å². The third kappa shape index (κ3) is 5.53. The minimum absolute atomic E-state index is 0.0532. The van der Waals surface area contributed by atoms with Crippen LogP contribution in [-0.4, -0.2) is 16.2 Å². The lowest BCUT2D eigenvalue weighted by molar-refractivity contribution is 0.568. The molecule has 0 bridgehead atoms. The molecule has 4 rings (SSSR count). The molecular formula is C29H31BrN4. The molecule has 1 N–H and O–H groups in total. The van der Waals surface area contributed by atoms with Gasteiger partial charge in [0.1, 0.15) is 0 Å². The molecule has 0 saturated carbocycles. The van der Waals surface area contributed by atoms with E-state index in [1.165, 1.54) is 11.1 Å². The lowest BCUT2D eigenvalue weighted by Gasteiger charge is -2.25. The van der Waals surface area contributed by atoms with Crippen molar-refractivity contribution >= 4 is 39.0 Å². The largest absolute Gasteiger partial charge is 0.245 e. The normalized spacial score (nSPS) is 12.4. The van der Waals surface area contributed by atoms with E-state index in [2.05, 4.69) is 104 Å². The van der Waals surface area contributed by atoms with Crippen LogP contribution in [0.5, 0.6) is 0 Å². The number of hydrazone groups is 1. The molecule has 0 unspecified atom stereocenters. The van der Waals surface area contributed by atoms with E-state index in [-0.39, 0.29) is 10.8 Å². The van der Waals surface area contributed by atoms with Crippen LogP contribution in [0.15, 0.2) is 76.3 Å². The maximum absolute atomic E-state index is 4.80. The van der Waals surface area contributed by atoms with E-state index in [9.17, 15) is 0 Å². The van der Waals surface area contributed by atoms with Crippen molar-refractivity contribution in [2.24, 2.45) is 5.10 Å². The zero-order valence-corrected chi connectivity index (χ0v) is 22.2. The average molecular weight is 515 g/mol. The number of rotatable bonds is 4. The van der Waals surface area contributed by atoms with Crippen molar-refractivity contribution in [3.05, 3.63) is 87.9 Å². The minimum Gasteiger partial charge on any atom is -0.245 e. The molecule has 0 amide bonds. The first-order chi connectivity index (χ1) is 16.0. The Hall–Kier alpha value is -3.05. The van der Waals surface area contributed by atoms with Gasteiger partial charge in [-0.3, -0.25) is 0 Å². The van der Waals surface area contributed by atoms with E-state index >= 15 is 0 Å². The van der Waals surface area contributed by atoms with Gasteiger partial charge in [-0.15, -0.1) is 0 Å². The molecule has 1 aromatic heterocycles. The Kier molecular flexibility index (Phi) is 6.59. The van der Waals surface area contributed by atoms with Crippen LogP contribution in [-0.2, 0) is 10.8 Å². The summed E-state index contributed by atoms with van der Waals surface area (Å²) in [5.41, 5.74) is 9.57. The summed E-state index contributed by atoms with van der Waals surface area (Å²) >= 11 is 3.57. The SMILES string of the molecule is CC(C)(C)c1cc(/C=N\Nc2nc(-c3ccccc3)c3cc(Br)ccc3n2)cc(C(C)(C)C)c1. The topological polar surface area (TPSA) is 50.2 Å². The fourth-order valence-corrected chi connectivity index (χ4v) is 4.08. The summed E-state index contributed by atoms with van der Waals surface area (Å²) in [5, 5.41) is 5.50. The zero-order valence-electron chi connectivity index (χ0n) is 20.6. The van der Waals surface area contributed by atoms with Crippen LogP contribution in [0.4, 0.5) is 5.95 Å². The van der Waals surface area contributed by atoms with Gasteiger partial charge in [0.05, 0.1) is 17.4 Å². The van der Waals surface area contributed by atoms with Crippen molar-refractivity contribution in [1.82, 2.24) is 9.97 Å². The highest BCUT2D eigenvalue weighted by Gasteiger charge is 2.20. The smallest absolute Gasteiger partial charge is 0.244 e. The number of benzene rings is 3. The maximum Gasteiger partial charge on any atom is 0.244 e. The number of fused-ring (bicyclic) bond motifs is 1. The molecule has 4 aromatic rings. The van der Waals surface area contributed by atoms with Crippen LogP contribution in [0.2, 0.25) is 0 Å². The van der Waals surface area contributed by atoms with Crippen LogP contribution < -0.4 is 5.43 Å². The first kappa shape index (κ1) is 24.1. The lowest BCUT2D eigenvalue weighted by Crippen LogP contribution is -2.17. The average Bonchev–Trinajstić information content (AvgIpc) is 2.78. The molecule has 0 fully saturated rings. The van der Waals surface area contributed by atoms with Crippen molar-refractivity contribution < 1.29 is 0 Å². The summed E-state index contributed by atoms with van der Waals surface area (Å²) in [5.74, 6) is 0.466. The van der Waals surface area contributed by atoms with Crippen molar-refractivity contribution in [1.29, 1.82) is 0 Å². The molecule has 0 aliphatic carbocycles. The molecule has 1 heterocycles. The number of nitrogens with zero attached hydrogens (tertiary/aromatic N) is 3. The van der Waals surface area contributed by atoms with Gasteiger partial charge in [0.15, 0.2) is 0 Å². The van der Waals surface area contributed by atoms with Gasteiger partial charge in [-0.1, -0.05) is 93.9 Å². The monoisotopic (exact) mass is 514 g/mol. The number of hydrogen-bond acceptors (Lipinski definition) is 4. The van der Waals surface area contributed by atoms with Gasteiger partial charge in [0, 0.05) is 15.4 Å². The molecule has 34 heavy (non-hydrogen) atoms. The Bertz CT molecular complexity index is 1310. The molecule has 174 valence electrons. The molecule has 0 saturated heterocycles. The predicted molar refractivity (Wildman–Crippen MR) is 148 cm³/mol. The Morgan fingerprint density at radius 1 is 0.794 bits per heavy atom. The molecular weight excluding hydrogens is 484 g/mol. The van der Waals surface area contributed by atoms with E-state index in [0.717, 1.165) is 32.2 Å². The predicted octanol–water partition coefficient (Wildman–Crippen LogP) is 8.10. The summed E-state index contributed by atoms with van der Waals surface area (Å²) in [6, 6.07) is 22.9. The van der Waals surface area contributed by atoms with E-state index in [4.69, 9.17) is 9.97 Å². The summed E-state index contributed by atoms with van der Waals surface area (Å²) in [6.07, 6.45) is 1.85. The number of halogens is 1. The first-order valence-corrected chi connectivity index (χ1v) is 12.3. The minimum atomic E-state index is 0.0532. The van der Waals surface area contributed by atoms with Crippen LogP contribution >= 0.6 is 15.9 Å². The molecule has 0 aliphatic heterocycles. The number of hydrogen-bond donors (Lipinski definition) is 1. The van der Waals surface area contributed by atoms with Crippen molar-refractivity contribution in [3.8, 4) is 11.3 Å². The highest BCUT2D eigenvalue weighted by molar-refractivity contribution is 9.10. The Balaban J connectivity index is 1.70. The quantitative estimate of drug-likeness (QED) is 0.221. The molecule has 0 radical (unpaired) electrons. The van der Waals surface area contributed by atoms with E-state index in [1.807, 2.05) is 36.5 Å². The summed E-state index contributed by atoms with van der Waals surface area (Å²) in [6.45, 7) is 13.4. The van der Waals surface area contributed by atoms with Crippen LogP contribution in [0.1, 0.15) is 58.2 Å². The maximum atomic E-state index is 4.80. The van der Waals surface area contributed by atoms with Gasteiger partial charge in [0.25, 0.3) is 0 Å². The van der Waals surface area contributed by atoms with E-state index in [0.29, 0.717) is 5.95 Å². The lowest BCUT2D eigenvalue weighted by atomic mass is 9.80. The number of aromatic nitrogens is 2. The summed E-state index contributed by atoms with van der Waals surface area (Å²) in [4.78, 5) is 9.49. The molecule has 0 atom stereocenters. The van der Waals surface area contributed by atoms with Crippen molar-refractivity contribution in [2.45, 2.75) is 52.4 Å². The summed E-state index contributed by atoms with van der Waals surface area (Å²) < 4.78 is 0.993. The number of anilines is 1. The third-order valence-electron chi connectivity index (χ3n) is 5.77. The highest BCUT2D eigenvalue weighted by atomic mass is 79.9. The second kappa shape index (κ2) is 9.30. The molecule has 5 heteroatoms. The standard InChI is InChI=1S/C29H31BrN4/c1-28(2,3)21-14-19(15-22(16-21)29(4,5)6)18-31-34-27-32-25-13-12-23(30)17-24(25)26(33-27)20-10-8-7-9-11-20/h7-18H,1-6H3,(H,32,33,34)/b31-18-. The van der Waals surface area contributed by atoms with Crippen LogP contribution in [0, 0.1) is 0 Å². The highest BCUT2D eigenvalue weighted by Crippen LogP contribution is 2.31. The zero-order chi connectivity index (χ0) is 24.5. The summed E-state index contributed by atoms with van der Waals surface area (Å²) in [7, 11) is 0. The fraction of sp³-hybridized carbons (Fsp3) is 0.276. The molecule has 3 aromatic carbocycles. The number of nitrogens with one attached hydrogen (secondary N) is 1. The van der Waals surface area contributed by atoms with Crippen molar-refractivity contribution in [3.63, 3.8) is 0 Å². The molecule has 0 aliphatic rings. The Morgan fingerprint density at radius 2 is 1.44 bits per heavy atom. The fourth-order valence-electron chi connectivity index (χ4n) is 3.72. The first-order valence-electron chi connectivity index (χ1n) is 11.5. The van der Waals surface area contributed by atoms with Crippen LogP contribution in [0.3, 0.4) is 0 Å². The Morgan fingerprint density at radius 3 is 2.06 bits per heavy atom. The second-order valence-corrected chi connectivity index (χ2v) is 11.6. The second-order valence-electron chi connectivity index (χ2n) is 10.6. The van der Waals surface area contributed by atoms with E-state index in [1.54, 1.807) is 0 Å². The molecule has 4 nitrogen and oxygen atoms in total. The Labute approximate surface area is 210 Å². The van der Waals surface area contributed by atoms with Gasteiger partial charge in [-0.05, 0) is 57.9 Å². The van der Waals surface area contributed by atoms with Gasteiger partial charge >= 0.3 is 0 Å². The third-order valence-corrected chi connectivity index (χ3v) is 6.26. The van der Waals surface area contributed by atoms with Gasteiger partial charge < -0.3 is 0 Å². The van der Waals surface area contributed by atoms with Gasteiger partial charge in [0.2, 0.25) is 5.95 Å². The van der Waals surface area contributed by atoms with Crippen molar-refractivity contribution in [2.75, 3.05) is 5.43 Å². The van der Waals surface area contributed by atoms with E-state index < -0.39 is 0 Å². The van der Waals surface area contributed by atoms with Gasteiger partial charge in [-0.25, -0.2) is 15.4 Å².